The predicted molar refractivity (Wildman–Crippen MR) is 263 cm³/mol. The molecular weight excluding hydrogens is 1020 g/mol. The topological polar surface area (TPSA) is 374 Å². The Balaban J connectivity index is 0.947. The van der Waals surface area contributed by atoms with Crippen LogP contribution in [0.15, 0.2) is 11.6 Å². The number of esters is 1. The molecule has 4 saturated carbocycles. The van der Waals surface area contributed by atoms with Crippen LogP contribution in [-0.2, 0) is 42.7 Å². The lowest BCUT2D eigenvalue weighted by Gasteiger charge is -2.72. The van der Waals surface area contributed by atoms with Gasteiger partial charge in [0.2, 0.25) is 6.29 Å². The molecule has 4 saturated heterocycles. The van der Waals surface area contributed by atoms with E-state index in [1.807, 2.05) is 0 Å². The highest BCUT2D eigenvalue weighted by Gasteiger charge is 2.72. The van der Waals surface area contributed by atoms with E-state index in [0.29, 0.717) is 32.1 Å². The van der Waals surface area contributed by atoms with E-state index in [0.717, 1.165) is 18.4 Å². The average Bonchev–Trinajstić information content (AvgIpc) is 3.53. The Morgan fingerprint density at radius 3 is 1.74 bits per heavy atom. The van der Waals surface area contributed by atoms with Crippen molar-refractivity contribution in [3.05, 3.63) is 11.6 Å². The van der Waals surface area contributed by atoms with Gasteiger partial charge in [0.25, 0.3) is 0 Å². The number of fused-ring (bicyclic) bond motifs is 7. The molecule has 0 spiro atoms. The number of hydrogen-bond donors (Lipinski definition) is 14. The minimum atomic E-state index is -1.96. The molecule has 5 aliphatic carbocycles. The molecule has 4 aliphatic heterocycles. The van der Waals surface area contributed by atoms with Crippen molar-refractivity contribution >= 4 is 5.97 Å². The Bertz CT molecular complexity index is 2130. The van der Waals surface area contributed by atoms with Gasteiger partial charge in [-0.3, -0.25) is 4.79 Å². The molecule has 0 aromatic rings. The van der Waals surface area contributed by atoms with Gasteiger partial charge in [-0.1, -0.05) is 60.1 Å². The molecular formula is C54H88O23. The van der Waals surface area contributed by atoms with E-state index < -0.39 is 188 Å². The van der Waals surface area contributed by atoms with Gasteiger partial charge in [0.1, 0.15) is 97.0 Å². The second-order valence-electron chi connectivity index (χ2n) is 26.4. The zero-order chi connectivity index (χ0) is 56.4. The van der Waals surface area contributed by atoms with E-state index in [-0.39, 0.29) is 35.5 Å². The number of carbonyl (C=O) groups excluding carboxylic acids is 1. The third-order valence-electron chi connectivity index (χ3n) is 21.4. The molecule has 0 aromatic carbocycles. The van der Waals surface area contributed by atoms with Crippen LogP contribution in [0.4, 0.5) is 0 Å². The van der Waals surface area contributed by atoms with Crippen LogP contribution in [0.5, 0.6) is 0 Å². The molecule has 442 valence electrons. The quantitative estimate of drug-likeness (QED) is 0.0602. The van der Waals surface area contributed by atoms with E-state index in [1.165, 1.54) is 6.92 Å². The summed E-state index contributed by atoms with van der Waals surface area (Å²) in [6.45, 7) is 14.7. The number of ether oxygens (including phenoxy) is 8. The van der Waals surface area contributed by atoms with Crippen molar-refractivity contribution < 1.29 is 114 Å². The first-order valence-electron chi connectivity index (χ1n) is 27.8. The van der Waals surface area contributed by atoms with Crippen LogP contribution < -0.4 is 0 Å². The zero-order valence-corrected chi connectivity index (χ0v) is 45.4. The van der Waals surface area contributed by atoms with Crippen molar-refractivity contribution in [1.29, 1.82) is 0 Å². The summed E-state index contributed by atoms with van der Waals surface area (Å²) in [5, 5.41) is 151. The first-order valence-corrected chi connectivity index (χ1v) is 27.8. The van der Waals surface area contributed by atoms with E-state index in [1.54, 1.807) is 0 Å². The maximum Gasteiger partial charge on any atom is 0.317 e. The predicted octanol–water partition coefficient (Wildman–Crippen LogP) is -2.04. The summed E-state index contributed by atoms with van der Waals surface area (Å²) in [5.41, 5.74) is -2.51. The summed E-state index contributed by atoms with van der Waals surface area (Å²) in [6, 6.07) is 0. The van der Waals surface area contributed by atoms with Crippen LogP contribution in [0.25, 0.3) is 0 Å². The Morgan fingerprint density at radius 1 is 0.558 bits per heavy atom. The molecule has 4 heterocycles. The summed E-state index contributed by atoms with van der Waals surface area (Å²) in [7, 11) is 0. The largest absolute Gasteiger partial charge is 0.432 e. The number of hydrogen-bond acceptors (Lipinski definition) is 23. The molecule has 0 bridgehead atoms. The van der Waals surface area contributed by atoms with Crippen molar-refractivity contribution in [3.8, 4) is 0 Å². The standard InChI is InChI=1S/C54H88O23/c1-22-32(59)35(62)39(66)44(70-22)76-43-37(64)34(61)26(20-56)72-47(43)74-31-12-13-51(6)28(50(31,4)5)11-14-52(7)29(51)10-9-23-24-17-49(2,3)15-16-54(24,30(58)18-53(23,52)8)48(69)77-46-41(68)38(65)42(27(21-57)73-46)75-45-40(67)36(63)33(60)25(19-55)71-45/h9,22,24-47,55-68H,10-21H2,1-8H3/t22-,24?,25+,26+,27+,28?,29?,30+,31-,32-,33+,34+,35+,36-,37-,38+,39+,40+,41+,42+,43+,44-,45-,46-,47-,51-,52+,53+,54+/m0/s1. The van der Waals surface area contributed by atoms with Crippen LogP contribution in [0, 0.1) is 50.2 Å². The lowest BCUT2D eigenvalue weighted by atomic mass is 9.33. The number of aliphatic hydroxyl groups excluding tert-OH is 14. The fourth-order valence-corrected chi connectivity index (χ4v) is 16.6. The first kappa shape index (κ1) is 60.0. The minimum Gasteiger partial charge on any atom is -0.432 e. The summed E-state index contributed by atoms with van der Waals surface area (Å²) < 4.78 is 47.9. The number of carbonyl (C=O) groups is 1. The van der Waals surface area contributed by atoms with Crippen molar-refractivity contribution in [3.63, 3.8) is 0 Å². The van der Waals surface area contributed by atoms with Gasteiger partial charge >= 0.3 is 5.97 Å². The van der Waals surface area contributed by atoms with Gasteiger partial charge < -0.3 is 109 Å². The van der Waals surface area contributed by atoms with Gasteiger partial charge in [0, 0.05) is 0 Å². The van der Waals surface area contributed by atoms with E-state index >= 15 is 4.79 Å². The van der Waals surface area contributed by atoms with Crippen LogP contribution in [0.2, 0.25) is 0 Å². The Morgan fingerprint density at radius 2 is 1.10 bits per heavy atom. The van der Waals surface area contributed by atoms with E-state index in [4.69, 9.17) is 37.9 Å². The summed E-state index contributed by atoms with van der Waals surface area (Å²) >= 11 is 0. The highest BCUT2D eigenvalue weighted by atomic mass is 16.8. The normalized spacial score (nSPS) is 54.4. The fraction of sp³-hybridized carbons (Fsp3) is 0.944. The van der Waals surface area contributed by atoms with Crippen molar-refractivity contribution in [2.45, 2.75) is 248 Å². The van der Waals surface area contributed by atoms with Crippen molar-refractivity contribution in [2.75, 3.05) is 19.8 Å². The Kier molecular flexibility index (Phi) is 16.8. The van der Waals surface area contributed by atoms with Crippen LogP contribution in [-0.4, -0.2) is 232 Å². The smallest absolute Gasteiger partial charge is 0.317 e. The van der Waals surface area contributed by atoms with Gasteiger partial charge in [0.15, 0.2) is 18.9 Å². The molecule has 23 nitrogen and oxygen atoms in total. The van der Waals surface area contributed by atoms with Gasteiger partial charge in [-0.2, -0.15) is 0 Å². The van der Waals surface area contributed by atoms with E-state index in [9.17, 15) is 71.5 Å². The second-order valence-corrected chi connectivity index (χ2v) is 26.4. The number of aliphatic hydroxyl groups is 14. The minimum absolute atomic E-state index is 0.0666. The zero-order valence-electron chi connectivity index (χ0n) is 45.4. The SMILES string of the molecule is C[C@@H]1O[C@@H](O[C@H]2[C@H](O[C@H]3CC[C@@]4(C)C(CC[C@]5(C)C4CC=C4C6CC(C)(C)CC[C@]6(C(=O)O[C@@H]6O[C@H](CO)[C@@H](O[C@@H]7O[C@H](CO)[C@@H](O)[C@H](O)[C@H]7O)[C@H](O)[C@H]6O)[C@H](O)C[C@]45C)C3(C)C)O[C@H](CO)[C@@H](O)[C@@H]2O)[C@H](O)[C@H](O)[C@H]1O. The monoisotopic (exact) mass is 1100 g/mol. The molecule has 14 N–H and O–H groups in total. The maximum absolute atomic E-state index is 15.1. The lowest BCUT2D eigenvalue weighted by molar-refractivity contribution is -0.376. The Hall–Kier alpha value is -1.63. The van der Waals surface area contributed by atoms with Gasteiger partial charge in [0.05, 0.1) is 38.1 Å². The molecule has 0 radical (unpaired) electrons. The molecule has 23 heteroatoms. The van der Waals surface area contributed by atoms with Crippen LogP contribution >= 0.6 is 0 Å². The van der Waals surface area contributed by atoms with Gasteiger partial charge in [-0.25, -0.2) is 0 Å². The number of allylic oxidation sites excluding steroid dienone is 2. The third kappa shape index (κ3) is 9.61. The fourth-order valence-electron chi connectivity index (χ4n) is 16.6. The molecule has 8 fully saturated rings. The van der Waals surface area contributed by atoms with Crippen molar-refractivity contribution in [2.24, 2.45) is 50.2 Å². The maximum atomic E-state index is 15.1. The van der Waals surface area contributed by atoms with Crippen molar-refractivity contribution in [1.82, 2.24) is 0 Å². The van der Waals surface area contributed by atoms with Crippen LogP contribution in [0.3, 0.4) is 0 Å². The molecule has 3 unspecified atom stereocenters. The summed E-state index contributed by atoms with van der Waals surface area (Å²) in [6.07, 6.45) is -26.3. The summed E-state index contributed by atoms with van der Waals surface area (Å²) in [5.74, 6) is -1.17. The lowest BCUT2D eigenvalue weighted by Crippen LogP contribution is -2.68. The number of rotatable bonds is 11. The Labute approximate surface area is 449 Å². The highest BCUT2D eigenvalue weighted by Crippen LogP contribution is 2.76. The molecule has 0 amide bonds. The van der Waals surface area contributed by atoms with Gasteiger partial charge in [-0.05, 0) is 110 Å². The highest BCUT2D eigenvalue weighted by molar-refractivity contribution is 5.80. The van der Waals surface area contributed by atoms with E-state index in [2.05, 4.69) is 54.5 Å². The summed E-state index contributed by atoms with van der Waals surface area (Å²) in [4.78, 5) is 15.1. The molecule has 9 rings (SSSR count). The molecule has 77 heavy (non-hydrogen) atoms. The first-order chi connectivity index (χ1) is 36.0. The molecule has 9 aliphatic rings. The second kappa shape index (κ2) is 21.5. The van der Waals surface area contributed by atoms with Crippen LogP contribution in [0.1, 0.15) is 113 Å². The average molecular weight is 1110 g/mol. The van der Waals surface area contributed by atoms with Gasteiger partial charge in [-0.15, -0.1) is 0 Å². The molecule has 0 aromatic heterocycles. The third-order valence-corrected chi connectivity index (χ3v) is 21.4. The molecule has 29 atom stereocenters.